The first-order valence-corrected chi connectivity index (χ1v) is 7.40. The summed E-state index contributed by atoms with van der Waals surface area (Å²) in [6, 6.07) is 11.6. The van der Waals surface area contributed by atoms with Crippen molar-refractivity contribution in [2.45, 2.75) is 6.61 Å². The summed E-state index contributed by atoms with van der Waals surface area (Å²) in [5.74, 6) is 1.34. The molecule has 0 aliphatic heterocycles. The lowest BCUT2D eigenvalue weighted by atomic mass is 10.2. The summed E-state index contributed by atoms with van der Waals surface area (Å²) < 4.78 is 12.0. The first-order valence-electron chi connectivity index (χ1n) is 6.61. The van der Waals surface area contributed by atoms with Crippen LogP contribution in [-0.2, 0) is 6.61 Å². The molecule has 1 aromatic heterocycles. The molecule has 0 aliphatic rings. The van der Waals surface area contributed by atoms with Crippen LogP contribution in [0.5, 0.6) is 11.5 Å². The quantitative estimate of drug-likeness (QED) is 0.704. The number of benzene rings is 2. The van der Waals surface area contributed by atoms with Crippen LogP contribution in [0.1, 0.15) is 16.2 Å². The van der Waals surface area contributed by atoms with Crippen LogP contribution >= 0.6 is 15.9 Å². The van der Waals surface area contributed by atoms with Crippen LogP contribution in [-0.4, -0.2) is 23.4 Å². The second-order valence-electron chi connectivity index (χ2n) is 4.63. The number of H-pyrrole nitrogens is 1. The number of aldehydes is 1. The van der Waals surface area contributed by atoms with Crippen molar-refractivity contribution in [1.29, 1.82) is 0 Å². The molecule has 0 saturated heterocycles. The van der Waals surface area contributed by atoms with Crippen LogP contribution in [0.4, 0.5) is 0 Å². The fourth-order valence-electron chi connectivity index (χ4n) is 2.18. The Kier molecular flexibility index (Phi) is 4.11. The van der Waals surface area contributed by atoms with E-state index in [1.165, 1.54) is 0 Å². The van der Waals surface area contributed by atoms with Gasteiger partial charge in [0.05, 0.1) is 7.11 Å². The van der Waals surface area contributed by atoms with Gasteiger partial charge in [-0.3, -0.25) is 4.79 Å². The van der Waals surface area contributed by atoms with E-state index in [1.54, 1.807) is 13.2 Å². The van der Waals surface area contributed by atoms with E-state index >= 15 is 0 Å². The largest absolute Gasteiger partial charge is 0.493 e. The van der Waals surface area contributed by atoms with Crippen molar-refractivity contribution < 1.29 is 14.3 Å². The van der Waals surface area contributed by atoms with Crippen molar-refractivity contribution in [2.75, 3.05) is 7.11 Å². The summed E-state index contributed by atoms with van der Waals surface area (Å²) in [7, 11) is 1.57. The Hall–Kier alpha value is -2.34. The lowest BCUT2D eigenvalue weighted by Gasteiger charge is -2.12. The molecule has 3 aromatic rings. The van der Waals surface area contributed by atoms with Crippen molar-refractivity contribution in [3.63, 3.8) is 0 Å². The number of carbonyl (C=O) groups is 1. The molecular weight excluding hydrogens is 348 g/mol. The number of imidazole rings is 1. The molecule has 6 heteroatoms. The molecule has 0 radical (unpaired) electrons. The Morgan fingerprint density at radius 3 is 2.77 bits per heavy atom. The minimum Gasteiger partial charge on any atom is -0.493 e. The Balaban J connectivity index is 2.04. The Bertz CT molecular complexity index is 815. The van der Waals surface area contributed by atoms with Gasteiger partial charge in [0.25, 0.3) is 0 Å². The van der Waals surface area contributed by atoms with Crippen LogP contribution in [0.25, 0.3) is 11.0 Å². The van der Waals surface area contributed by atoms with E-state index < -0.39 is 0 Å². The minimum absolute atomic E-state index is 0.244. The normalized spacial score (nSPS) is 10.6. The Morgan fingerprint density at radius 2 is 2.09 bits per heavy atom. The molecule has 0 saturated carbocycles. The maximum atomic E-state index is 11.0. The number of nitrogens with zero attached hydrogens (tertiary/aromatic N) is 1. The van der Waals surface area contributed by atoms with Gasteiger partial charge >= 0.3 is 0 Å². The second-order valence-corrected chi connectivity index (χ2v) is 5.48. The zero-order chi connectivity index (χ0) is 15.5. The van der Waals surface area contributed by atoms with Gasteiger partial charge in [-0.05, 0) is 21.5 Å². The smallest absolute Gasteiger partial charge is 0.187 e. The van der Waals surface area contributed by atoms with E-state index in [-0.39, 0.29) is 5.82 Å². The molecule has 0 bridgehead atoms. The van der Waals surface area contributed by atoms with Gasteiger partial charge in [0, 0.05) is 10.5 Å². The first kappa shape index (κ1) is 14.6. The third-order valence-electron chi connectivity index (χ3n) is 3.21. The summed E-state index contributed by atoms with van der Waals surface area (Å²) in [5, 5.41) is 0. The molecule has 3 rings (SSSR count). The molecule has 0 amide bonds. The maximum Gasteiger partial charge on any atom is 0.187 e. The van der Waals surface area contributed by atoms with Gasteiger partial charge in [0.1, 0.15) is 17.6 Å². The molecule has 0 unspecified atom stereocenters. The lowest BCUT2D eigenvalue weighted by molar-refractivity contribution is 0.111. The van der Waals surface area contributed by atoms with E-state index in [9.17, 15) is 4.79 Å². The number of nitrogens with one attached hydrogen (secondary N) is 1. The number of halogens is 1. The molecule has 5 nitrogen and oxygen atoms in total. The molecule has 112 valence electrons. The van der Waals surface area contributed by atoms with E-state index in [0.717, 1.165) is 10.0 Å². The average Bonchev–Trinajstić information content (AvgIpc) is 2.99. The molecule has 0 spiro atoms. The molecular formula is C16H13BrN2O3. The molecule has 0 atom stereocenters. The van der Waals surface area contributed by atoms with Gasteiger partial charge in [0.15, 0.2) is 23.6 Å². The van der Waals surface area contributed by atoms with Crippen LogP contribution in [0.3, 0.4) is 0 Å². The first-order chi connectivity index (χ1) is 10.7. The topological polar surface area (TPSA) is 64.2 Å². The number of hydrogen-bond donors (Lipinski definition) is 1. The number of fused-ring (bicyclic) bond motifs is 1. The van der Waals surface area contributed by atoms with E-state index in [0.29, 0.717) is 35.4 Å². The highest BCUT2D eigenvalue weighted by Gasteiger charge is 2.17. The van der Waals surface area contributed by atoms with E-state index in [4.69, 9.17) is 9.47 Å². The minimum atomic E-state index is 0.244. The van der Waals surface area contributed by atoms with Crippen molar-refractivity contribution in [3.8, 4) is 11.5 Å². The summed E-state index contributed by atoms with van der Waals surface area (Å²) >= 11 is 3.43. The number of aromatic amines is 1. The summed E-state index contributed by atoms with van der Waals surface area (Å²) in [6.45, 7) is 0.392. The number of carbonyl (C=O) groups excluding carboxylic acids is 1. The second kappa shape index (κ2) is 6.19. The fourth-order valence-corrected chi connectivity index (χ4v) is 2.68. The molecule has 2 aromatic carbocycles. The van der Waals surface area contributed by atoms with Crippen LogP contribution < -0.4 is 9.47 Å². The van der Waals surface area contributed by atoms with Gasteiger partial charge in [-0.25, -0.2) is 4.98 Å². The van der Waals surface area contributed by atoms with Crippen LogP contribution in [0.2, 0.25) is 0 Å². The predicted octanol–water partition coefficient (Wildman–Crippen LogP) is 3.73. The average molecular weight is 361 g/mol. The molecule has 1 heterocycles. The Labute approximate surface area is 135 Å². The summed E-state index contributed by atoms with van der Waals surface area (Å²) in [5.41, 5.74) is 2.30. The standard InChI is InChI=1S/C16H13BrN2O3/c1-21-12-7-11(17)14-15(19-13(8-20)18-14)16(12)22-9-10-5-3-2-4-6-10/h2-8H,9H2,1H3,(H,18,19). The van der Waals surface area contributed by atoms with E-state index in [2.05, 4.69) is 25.9 Å². The highest BCUT2D eigenvalue weighted by atomic mass is 79.9. The van der Waals surface area contributed by atoms with Crippen molar-refractivity contribution in [1.82, 2.24) is 9.97 Å². The number of aromatic nitrogens is 2. The molecule has 22 heavy (non-hydrogen) atoms. The van der Waals surface area contributed by atoms with Crippen LogP contribution in [0.15, 0.2) is 40.9 Å². The van der Waals surface area contributed by atoms with Crippen molar-refractivity contribution in [3.05, 3.63) is 52.3 Å². The molecule has 1 N–H and O–H groups in total. The number of rotatable bonds is 5. The third-order valence-corrected chi connectivity index (χ3v) is 3.82. The number of ether oxygens (including phenoxy) is 2. The van der Waals surface area contributed by atoms with E-state index in [1.807, 2.05) is 30.3 Å². The van der Waals surface area contributed by atoms with Gasteiger partial charge < -0.3 is 14.5 Å². The highest BCUT2D eigenvalue weighted by molar-refractivity contribution is 9.10. The fraction of sp³-hybridized carbons (Fsp3) is 0.125. The number of methoxy groups -OCH3 is 1. The molecule has 0 aliphatic carbocycles. The molecule has 0 fully saturated rings. The monoisotopic (exact) mass is 360 g/mol. The van der Waals surface area contributed by atoms with Crippen molar-refractivity contribution >= 4 is 33.2 Å². The van der Waals surface area contributed by atoms with Crippen molar-refractivity contribution in [2.24, 2.45) is 0 Å². The lowest BCUT2D eigenvalue weighted by Crippen LogP contribution is -1.98. The van der Waals surface area contributed by atoms with Gasteiger partial charge in [-0.15, -0.1) is 0 Å². The maximum absolute atomic E-state index is 11.0. The summed E-state index contributed by atoms with van der Waals surface area (Å²) in [4.78, 5) is 18.1. The summed E-state index contributed by atoms with van der Waals surface area (Å²) in [6.07, 6.45) is 0.667. The Morgan fingerprint density at radius 1 is 1.32 bits per heavy atom. The predicted molar refractivity (Wildman–Crippen MR) is 86.5 cm³/mol. The third kappa shape index (κ3) is 2.69. The van der Waals surface area contributed by atoms with Gasteiger partial charge in [-0.2, -0.15) is 0 Å². The SMILES string of the molecule is COc1cc(Br)c2nc(C=O)[nH]c2c1OCc1ccccc1. The van der Waals surface area contributed by atoms with Crippen LogP contribution in [0, 0.1) is 0 Å². The van der Waals surface area contributed by atoms with Gasteiger partial charge in [-0.1, -0.05) is 30.3 Å². The number of hydrogen-bond acceptors (Lipinski definition) is 4. The zero-order valence-electron chi connectivity index (χ0n) is 11.8. The highest BCUT2D eigenvalue weighted by Crippen LogP contribution is 2.39. The van der Waals surface area contributed by atoms with Gasteiger partial charge in [0.2, 0.25) is 0 Å². The zero-order valence-corrected chi connectivity index (χ0v) is 13.4.